The largest absolute Gasteiger partial charge is 0.338 e. The Balaban J connectivity index is 2.13. The van der Waals surface area contributed by atoms with E-state index in [1.165, 1.54) is 6.42 Å². The predicted molar refractivity (Wildman–Crippen MR) is 70.8 cm³/mol. The van der Waals surface area contributed by atoms with Crippen LogP contribution in [0.15, 0.2) is 0 Å². The predicted octanol–water partition coefficient (Wildman–Crippen LogP) is 0.367. The lowest BCUT2D eigenvalue weighted by Gasteiger charge is -2.30. The van der Waals surface area contributed by atoms with Gasteiger partial charge < -0.3 is 10.2 Å². The van der Waals surface area contributed by atoms with Crippen molar-refractivity contribution < 1.29 is 13.2 Å². The van der Waals surface area contributed by atoms with Gasteiger partial charge in [-0.1, -0.05) is 6.92 Å². The molecule has 0 aliphatic carbocycles. The van der Waals surface area contributed by atoms with Gasteiger partial charge in [-0.15, -0.1) is 0 Å². The van der Waals surface area contributed by atoms with Crippen LogP contribution in [-0.2, 0) is 10.0 Å². The van der Waals surface area contributed by atoms with Crippen LogP contribution in [0.3, 0.4) is 0 Å². The van der Waals surface area contributed by atoms with Crippen molar-refractivity contribution in [2.75, 3.05) is 32.4 Å². The smallest absolute Gasteiger partial charge is 0.317 e. The molecule has 7 heteroatoms. The molecule has 18 heavy (non-hydrogen) atoms. The lowest BCUT2D eigenvalue weighted by molar-refractivity contribution is 0.170. The first-order valence-corrected chi connectivity index (χ1v) is 8.25. The number of hydrogen-bond acceptors (Lipinski definition) is 3. The monoisotopic (exact) mass is 277 g/mol. The van der Waals surface area contributed by atoms with E-state index in [0.717, 1.165) is 25.8 Å². The molecule has 1 saturated heterocycles. The van der Waals surface area contributed by atoms with Crippen LogP contribution in [0.5, 0.6) is 0 Å². The number of sulfonamides is 1. The highest BCUT2D eigenvalue weighted by atomic mass is 32.2. The van der Waals surface area contributed by atoms with E-state index in [2.05, 4.69) is 17.0 Å². The summed E-state index contributed by atoms with van der Waals surface area (Å²) in [6.07, 6.45) is 3.97. The number of likely N-dealkylation sites (tertiary alicyclic amines) is 1. The minimum atomic E-state index is -3.13. The Morgan fingerprint density at radius 2 is 2.11 bits per heavy atom. The van der Waals surface area contributed by atoms with E-state index < -0.39 is 10.0 Å². The van der Waals surface area contributed by atoms with Gasteiger partial charge >= 0.3 is 6.03 Å². The molecule has 1 heterocycles. The van der Waals surface area contributed by atoms with Gasteiger partial charge in [0, 0.05) is 26.2 Å². The molecule has 1 aliphatic heterocycles. The molecular formula is C11H23N3O3S. The first kappa shape index (κ1) is 15.2. The van der Waals surface area contributed by atoms with Gasteiger partial charge in [0.2, 0.25) is 10.0 Å². The number of carbonyl (C=O) groups excluding carboxylic acids is 1. The number of carbonyl (C=O) groups is 1. The van der Waals surface area contributed by atoms with E-state index in [4.69, 9.17) is 0 Å². The number of piperidine rings is 1. The van der Waals surface area contributed by atoms with Gasteiger partial charge in [0.25, 0.3) is 0 Å². The fourth-order valence-corrected chi connectivity index (χ4v) is 2.54. The number of rotatable bonds is 5. The number of nitrogens with zero attached hydrogens (tertiary/aromatic N) is 1. The van der Waals surface area contributed by atoms with Crippen LogP contribution >= 0.6 is 0 Å². The van der Waals surface area contributed by atoms with E-state index in [1.54, 1.807) is 0 Å². The molecule has 1 unspecified atom stereocenters. The van der Waals surface area contributed by atoms with E-state index >= 15 is 0 Å². The van der Waals surface area contributed by atoms with E-state index in [0.29, 0.717) is 25.4 Å². The zero-order valence-corrected chi connectivity index (χ0v) is 11.9. The van der Waals surface area contributed by atoms with Crippen molar-refractivity contribution >= 4 is 16.1 Å². The van der Waals surface area contributed by atoms with Crippen LogP contribution < -0.4 is 10.0 Å². The highest BCUT2D eigenvalue weighted by molar-refractivity contribution is 7.88. The molecule has 0 aromatic heterocycles. The van der Waals surface area contributed by atoms with Gasteiger partial charge in [0.05, 0.1) is 6.26 Å². The fourth-order valence-electron chi connectivity index (χ4n) is 2.03. The molecule has 0 aromatic carbocycles. The maximum absolute atomic E-state index is 11.8. The van der Waals surface area contributed by atoms with Gasteiger partial charge in [-0.3, -0.25) is 0 Å². The average molecular weight is 277 g/mol. The topological polar surface area (TPSA) is 78.5 Å². The van der Waals surface area contributed by atoms with Crippen molar-refractivity contribution in [1.29, 1.82) is 0 Å². The summed E-state index contributed by atoms with van der Waals surface area (Å²) >= 11 is 0. The van der Waals surface area contributed by atoms with Crippen molar-refractivity contribution in [2.24, 2.45) is 5.92 Å². The third-order valence-electron chi connectivity index (χ3n) is 2.94. The zero-order chi connectivity index (χ0) is 13.6. The summed E-state index contributed by atoms with van der Waals surface area (Å²) in [5.41, 5.74) is 0. The summed E-state index contributed by atoms with van der Waals surface area (Å²) in [5.74, 6) is 0.566. The summed E-state index contributed by atoms with van der Waals surface area (Å²) in [7, 11) is -3.13. The Kier molecular flexibility index (Phi) is 5.87. The average Bonchev–Trinajstić information content (AvgIpc) is 2.26. The second-order valence-corrected chi connectivity index (χ2v) is 6.78. The van der Waals surface area contributed by atoms with Crippen LogP contribution in [-0.4, -0.2) is 51.8 Å². The van der Waals surface area contributed by atoms with Gasteiger partial charge in [-0.05, 0) is 25.2 Å². The first-order chi connectivity index (χ1) is 8.38. The minimum absolute atomic E-state index is 0.0408. The van der Waals surface area contributed by atoms with Crippen molar-refractivity contribution in [3.63, 3.8) is 0 Å². The van der Waals surface area contributed by atoms with Crippen molar-refractivity contribution in [1.82, 2.24) is 14.9 Å². The van der Waals surface area contributed by atoms with Crippen LogP contribution in [0.1, 0.15) is 26.2 Å². The van der Waals surface area contributed by atoms with Gasteiger partial charge in [0.15, 0.2) is 0 Å². The number of urea groups is 1. The first-order valence-electron chi connectivity index (χ1n) is 6.36. The summed E-state index contributed by atoms with van der Waals surface area (Å²) in [4.78, 5) is 13.6. The molecule has 0 saturated carbocycles. The molecule has 2 amide bonds. The Labute approximate surface area is 109 Å². The Hall–Kier alpha value is -0.820. The van der Waals surface area contributed by atoms with E-state index in [1.807, 2.05) is 4.90 Å². The molecule has 1 rings (SSSR count). The van der Waals surface area contributed by atoms with Crippen molar-refractivity contribution in [2.45, 2.75) is 26.2 Å². The quantitative estimate of drug-likeness (QED) is 0.713. The molecular weight excluding hydrogens is 254 g/mol. The molecule has 0 aromatic rings. The molecule has 0 spiro atoms. The molecule has 1 atom stereocenters. The Morgan fingerprint density at radius 3 is 2.72 bits per heavy atom. The standard InChI is InChI=1S/C11H23N3O3S/c1-10-5-3-8-14(9-10)11(15)12-6-4-7-13-18(2,16)17/h10,13H,3-9H2,1-2H3,(H,12,15). The SMILES string of the molecule is CC1CCCN(C(=O)NCCCNS(C)(=O)=O)C1. The van der Waals surface area contributed by atoms with Gasteiger partial charge in [0.1, 0.15) is 0 Å². The van der Waals surface area contributed by atoms with Gasteiger partial charge in [-0.25, -0.2) is 17.9 Å². The highest BCUT2D eigenvalue weighted by Gasteiger charge is 2.20. The Morgan fingerprint density at radius 1 is 1.39 bits per heavy atom. The molecule has 1 aliphatic rings. The second kappa shape index (κ2) is 6.94. The van der Waals surface area contributed by atoms with Crippen LogP contribution in [0.25, 0.3) is 0 Å². The number of amides is 2. The van der Waals surface area contributed by atoms with Crippen LogP contribution in [0, 0.1) is 5.92 Å². The Bertz CT molecular complexity index is 370. The number of nitrogens with one attached hydrogen (secondary N) is 2. The summed E-state index contributed by atoms with van der Waals surface area (Å²) < 4.78 is 24.0. The van der Waals surface area contributed by atoms with E-state index in [9.17, 15) is 13.2 Å². The van der Waals surface area contributed by atoms with E-state index in [-0.39, 0.29) is 6.03 Å². The van der Waals surface area contributed by atoms with Crippen LogP contribution in [0.2, 0.25) is 0 Å². The molecule has 0 radical (unpaired) electrons. The lowest BCUT2D eigenvalue weighted by Crippen LogP contribution is -2.45. The normalized spacial score (nSPS) is 20.8. The summed E-state index contributed by atoms with van der Waals surface area (Å²) in [6.45, 7) is 4.63. The molecule has 2 N–H and O–H groups in total. The lowest BCUT2D eigenvalue weighted by atomic mass is 10.0. The maximum Gasteiger partial charge on any atom is 0.317 e. The molecule has 1 fully saturated rings. The second-order valence-electron chi connectivity index (χ2n) is 4.95. The molecule has 0 bridgehead atoms. The molecule has 6 nitrogen and oxygen atoms in total. The fraction of sp³-hybridized carbons (Fsp3) is 0.909. The van der Waals surface area contributed by atoms with Crippen LogP contribution in [0.4, 0.5) is 4.79 Å². The minimum Gasteiger partial charge on any atom is -0.338 e. The maximum atomic E-state index is 11.8. The van der Waals surface area contributed by atoms with Crippen molar-refractivity contribution in [3.8, 4) is 0 Å². The molecule has 106 valence electrons. The van der Waals surface area contributed by atoms with Gasteiger partial charge in [-0.2, -0.15) is 0 Å². The van der Waals surface area contributed by atoms with Crippen molar-refractivity contribution in [3.05, 3.63) is 0 Å². The zero-order valence-electron chi connectivity index (χ0n) is 11.1. The highest BCUT2D eigenvalue weighted by Crippen LogP contribution is 2.14. The summed E-state index contributed by atoms with van der Waals surface area (Å²) in [6, 6.07) is -0.0408. The third-order valence-corrected chi connectivity index (χ3v) is 3.67. The summed E-state index contributed by atoms with van der Waals surface area (Å²) in [5, 5.41) is 2.81. The number of hydrogen-bond donors (Lipinski definition) is 2. The third kappa shape index (κ3) is 6.20.